The molecular weight excluding hydrogens is 475 g/mol. The first-order chi connectivity index (χ1) is 14.7. The number of sulfonamides is 1. The summed E-state index contributed by atoms with van der Waals surface area (Å²) in [6.45, 7) is 4.67. The van der Waals surface area contributed by atoms with E-state index in [9.17, 15) is 26.4 Å². The van der Waals surface area contributed by atoms with Gasteiger partial charge in [0.25, 0.3) is 10.0 Å². The zero-order chi connectivity index (χ0) is 24.7. The van der Waals surface area contributed by atoms with Crippen molar-refractivity contribution < 1.29 is 36.3 Å². The molecule has 0 aliphatic heterocycles. The van der Waals surface area contributed by atoms with Gasteiger partial charge in [-0.1, -0.05) is 13.8 Å². The number of thiophene rings is 1. The van der Waals surface area contributed by atoms with Gasteiger partial charge in [-0.3, -0.25) is 9.48 Å². The molecule has 180 valence electrons. The number of nitrogens with one attached hydrogen (secondary N) is 1. The van der Waals surface area contributed by atoms with Crippen molar-refractivity contribution in [2.24, 2.45) is 12.8 Å². The maximum atomic E-state index is 12.5. The molecule has 0 radical (unpaired) electrons. The van der Waals surface area contributed by atoms with Gasteiger partial charge >= 0.3 is 12.1 Å². The topological polar surface area (TPSA) is 148 Å². The average Bonchev–Trinajstić information content (AvgIpc) is 3.35. The molecular formula is C17H24F3N5O5S2. The molecule has 2 rings (SSSR count). The monoisotopic (exact) mass is 499 g/mol. The number of nitrogens with zero attached hydrogens (tertiary/aromatic N) is 3. The lowest BCUT2D eigenvalue weighted by Gasteiger charge is -2.16. The first-order valence-electron chi connectivity index (χ1n) is 9.15. The Balaban J connectivity index is 0.000000633. The van der Waals surface area contributed by atoms with Crippen LogP contribution in [0.25, 0.3) is 0 Å². The second kappa shape index (κ2) is 11.4. The highest BCUT2D eigenvalue weighted by molar-refractivity contribution is 7.91. The molecule has 0 fully saturated rings. The second-order valence-corrected chi connectivity index (χ2v) is 9.52. The molecule has 0 bridgehead atoms. The molecule has 2 aromatic heterocycles. The van der Waals surface area contributed by atoms with Crippen LogP contribution in [0.2, 0.25) is 0 Å². The molecule has 0 saturated carbocycles. The van der Waals surface area contributed by atoms with Gasteiger partial charge in [0.1, 0.15) is 10.3 Å². The van der Waals surface area contributed by atoms with E-state index in [0.29, 0.717) is 18.8 Å². The number of rotatable bonds is 8. The Hall–Kier alpha value is -2.49. The fourth-order valence-electron chi connectivity index (χ4n) is 2.39. The van der Waals surface area contributed by atoms with Crippen molar-refractivity contribution in [2.45, 2.75) is 36.8 Å². The number of aliphatic carboxylic acids is 1. The number of hydrogen-bond donors (Lipinski definition) is 3. The van der Waals surface area contributed by atoms with Crippen molar-refractivity contribution in [3.05, 3.63) is 35.0 Å². The van der Waals surface area contributed by atoms with E-state index in [-0.39, 0.29) is 16.7 Å². The second-order valence-electron chi connectivity index (χ2n) is 6.19. The van der Waals surface area contributed by atoms with E-state index >= 15 is 0 Å². The van der Waals surface area contributed by atoms with Crippen LogP contribution < -0.4 is 11.1 Å². The van der Waals surface area contributed by atoms with Gasteiger partial charge in [-0.25, -0.2) is 13.2 Å². The maximum absolute atomic E-state index is 12.5. The first-order valence-corrected chi connectivity index (χ1v) is 11.4. The van der Waals surface area contributed by atoms with Crippen LogP contribution in [-0.2, 0) is 33.2 Å². The Kier molecular flexibility index (Phi) is 9.81. The minimum absolute atomic E-state index is 0.225. The molecule has 0 spiro atoms. The molecule has 1 amide bonds. The quantitative estimate of drug-likeness (QED) is 0.498. The van der Waals surface area contributed by atoms with Crippen LogP contribution in [0.1, 0.15) is 30.5 Å². The molecule has 1 unspecified atom stereocenters. The Morgan fingerprint density at radius 2 is 1.84 bits per heavy atom. The van der Waals surface area contributed by atoms with Crippen LogP contribution in [-0.4, -0.2) is 58.8 Å². The van der Waals surface area contributed by atoms with E-state index in [1.165, 1.54) is 4.31 Å². The summed E-state index contributed by atoms with van der Waals surface area (Å²) in [6, 6.07) is 4.13. The molecule has 10 nitrogen and oxygen atoms in total. The van der Waals surface area contributed by atoms with E-state index < -0.39 is 28.2 Å². The van der Waals surface area contributed by atoms with Crippen molar-refractivity contribution in [3.8, 4) is 0 Å². The van der Waals surface area contributed by atoms with Crippen LogP contribution in [0.4, 0.5) is 13.2 Å². The zero-order valence-corrected chi connectivity index (χ0v) is 19.1. The molecule has 2 heterocycles. The molecule has 0 saturated heterocycles. The summed E-state index contributed by atoms with van der Waals surface area (Å²) >= 11 is 1.15. The van der Waals surface area contributed by atoms with Gasteiger partial charge in [0, 0.05) is 31.2 Å². The highest BCUT2D eigenvalue weighted by atomic mass is 32.2. The molecule has 0 aliphatic rings. The van der Waals surface area contributed by atoms with E-state index in [4.69, 9.17) is 15.6 Å². The van der Waals surface area contributed by atoms with Gasteiger partial charge in [0.05, 0.1) is 12.2 Å². The summed E-state index contributed by atoms with van der Waals surface area (Å²) < 4.78 is 59.9. The van der Waals surface area contributed by atoms with Crippen LogP contribution in [0, 0.1) is 0 Å². The Morgan fingerprint density at radius 3 is 2.28 bits per heavy atom. The van der Waals surface area contributed by atoms with Crippen LogP contribution in [0.15, 0.2) is 28.6 Å². The third-order valence-electron chi connectivity index (χ3n) is 4.08. The third kappa shape index (κ3) is 7.29. The fourth-order valence-corrected chi connectivity index (χ4v) is 5.30. The predicted molar refractivity (Wildman–Crippen MR) is 110 cm³/mol. The first kappa shape index (κ1) is 27.5. The van der Waals surface area contributed by atoms with Crippen molar-refractivity contribution >= 4 is 33.2 Å². The van der Waals surface area contributed by atoms with E-state index in [1.54, 1.807) is 50.0 Å². The Morgan fingerprint density at radius 1 is 1.28 bits per heavy atom. The van der Waals surface area contributed by atoms with Crippen molar-refractivity contribution in [1.29, 1.82) is 0 Å². The minimum atomic E-state index is -5.08. The number of nitrogens with two attached hydrogens (primary N) is 1. The summed E-state index contributed by atoms with van der Waals surface area (Å²) in [7, 11) is -1.76. The number of carboxylic acids is 1. The molecule has 15 heteroatoms. The Bertz CT molecular complexity index is 1020. The number of halogens is 3. The highest BCUT2D eigenvalue weighted by Crippen LogP contribution is 2.25. The van der Waals surface area contributed by atoms with Gasteiger partial charge in [0.15, 0.2) is 0 Å². The number of carboxylic acid groups (broad SMARTS) is 1. The highest BCUT2D eigenvalue weighted by Gasteiger charge is 2.38. The normalized spacial score (nSPS) is 12.8. The summed E-state index contributed by atoms with van der Waals surface area (Å²) in [6.07, 6.45) is -3.51. The van der Waals surface area contributed by atoms with Gasteiger partial charge in [-0.15, -0.1) is 11.3 Å². The number of hydrogen-bond acceptors (Lipinski definition) is 7. The van der Waals surface area contributed by atoms with Crippen LogP contribution >= 0.6 is 11.3 Å². The van der Waals surface area contributed by atoms with Gasteiger partial charge in [0.2, 0.25) is 5.91 Å². The largest absolute Gasteiger partial charge is 0.490 e. The summed E-state index contributed by atoms with van der Waals surface area (Å²) in [5, 5.41) is 13.8. The summed E-state index contributed by atoms with van der Waals surface area (Å²) in [5.74, 6) is -3.10. The molecule has 0 aliphatic carbocycles. The van der Waals surface area contributed by atoms with E-state index in [0.717, 1.165) is 16.2 Å². The number of aromatic nitrogens is 2. The van der Waals surface area contributed by atoms with Gasteiger partial charge in [-0.2, -0.15) is 22.6 Å². The van der Waals surface area contributed by atoms with Crippen molar-refractivity contribution in [1.82, 2.24) is 19.4 Å². The average molecular weight is 500 g/mol. The molecule has 32 heavy (non-hydrogen) atoms. The molecule has 2 aromatic rings. The number of carbonyl (C=O) groups excluding carboxylic acids is 1. The fraction of sp³-hybridized carbons (Fsp3) is 0.471. The van der Waals surface area contributed by atoms with Crippen LogP contribution in [0.3, 0.4) is 0 Å². The number of amides is 1. The van der Waals surface area contributed by atoms with Crippen molar-refractivity contribution in [2.75, 3.05) is 13.1 Å². The van der Waals surface area contributed by atoms with Crippen LogP contribution in [0.5, 0.6) is 0 Å². The van der Waals surface area contributed by atoms with Crippen molar-refractivity contribution in [3.63, 3.8) is 0 Å². The van der Waals surface area contributed by atoms with Gasteiger partial charge < -0.3 is 16.2 Å². The summed E-state index contributed by atoms with van der Waals surface area (Å²) in [4.78, 5) is 21.8. The smallest absolute Gasteiger partial charge is 0.475 e. The Labute approximate surface area is 186 Å². The molecule has 0 aromatic carbocycles. The molecule has 4 N–H and O–H groups in total. The lowest BCUT2D eigenvalue weighted by Crippen LogP contribution is -2.34. The third-order valence-corrected chi connectivity index (χ3v) is 7.68. The number of carbonyl (C=O) groups is 2. The maximum Gasteiger partial charge on any atom is 0.490 e. The standard InChI is InChI=1S/C15H23N5O3S2.C2HF3O2/c1-4-20(5-2)25(22,23)13-7-6-11(24-13)10-17-15(21)14(16)12-8-9-18-19(12)3;3-2(4,5)1(6)7/h6-9,14H,4-5,10,16H2,1-3H3,(H,17,21);(H,6,7). The van der Waals surface area contributed by atoms with E-state index in [1.807, 2.05) is 0 Å². The predicted octanol–water partition coefficient (Wildman–Crippen LogP) is 1.46. The van der Waals surface area contributed by atoms with Gasteiger partial charge in [-0.05, 0) is 18.2 Å². The summed E-state index contributed by atoms with van der Waals surface area (Å²) in [5.41, 5.74) is 6.53. The number of aryl methyl sites for hydroxylation is 1. The minimum Gasteiger partial charge on any atom is -0.475 e. The zero-order valence-electron chi connectivity index (χ0n) is 17.5. The lowest BCUT2D eigenvalue weighted by molar-refractivity contribution is -0.192. The lowest BCUT2D eigenvalue weighted by atomic mass is 10.2. The molecule has 1 atom stereocenters. The number of alkyl halides is 3. The SMILES string of the molecule is CCN(CC)S(=O)(=O)c1ccc(CNC(=O)C(N)c2ccnn2C)s1.O=C(O)C(F)(F)F. The van der Waals surface area contributed by atoms with E-state index in [2.05, 4.69) is 10.4 Å².